The zero-order valence-corrected chi connectivity index (χ0v) is 16.9. The fraction of sp³-hybridized carbons (Fsp3) is 0.300. The largest absolute Gasteiger partial charge is 0.494 e. The van der Waals surface area contributed by atoms with E-state index in [9.17, 15) is 9.90 Å². The summed E-state index contributed by atoms with van der Waals surface area (Å²) in [6, 6.07) is 9.15. The van der Waals surface area contributed by atoms with E-state index in [4.69, 9.17) is 13.9 Å². The van der Waals surface area contributed by atoms with E-state index in [0.717, 1.165) is 5.76 Å². The second kappa shape index (κ2) is 8.43. The molecule has 2 aromatic heterocycles. The normalized spacial score (nSPS) is 12.0. The Morgan fingerprint density at radius 2 is 1.93 bits per heavy atom. The molecule has 3 rings (SSSR count). The molecule has 0 spiro atoms. The molecule has 1 aromatic carbocycles. The Morgan fingerprint density at radius 1 is 1.25 bits per heavy atom. The summed E-state index contributed by atoms with van der Waals surface area (Å²) in [4.78, 5) is 16.1. The quantitative estimate of drug-likeness (QED) is 0.558. The predicted molar refractivity (Wildman–Crippen MR) is 107 cm³/mol. The van der Waals surface area contributed by atoms with Crippen molar-refractivity contribution in [1.82, 2.24) is 9.55 Å². The molecule has 0 amide bonds. The molecule has 1 N–H and O–H groups in total. The molecule has 8 heteroatoms. The lowest BCUT2D eigenvalue weighted by molar-refractivity contribution is -0.136. The number of methoxy groups -OCH3 is 2. The lowest BCUT2D eigenvalue weighted by atomic mass is 10.2. The van der Waals surface area contributed by atoms with Gasteiger partial charge in [0.2, 0.25) is 0 Å². The summed E-state index contributed by atoms with van der Waals surface area (Å²) < 4.78 is 18.7. The van der Waals surface area contributed by atoms with Gasteiger partial charge >= 0.3 is 5.97 Å². The summed E-state index contributed by atoms with van der Waals surface area (Å²) in [5.41, 5.74) is 0.636. The molecule has 0 aliphatic rings. The first-order valence-corrected chi connectivity index (χ1v) is 9.63. The maximum Gasteiger partial charge on any atom is 0.317 e. The van der Waals surface area contributed by atoms with Gasteiger partial charge < -0.3 is 19.0 Å². The highest BCUT2D eigenvalue weighted by Crippen LogP contribution is 2.40. The SMILES string of the molecule is CCC(Sc1cnc(-c2ccc(C)o2)n1-c1c(OC)cccc1OC)C(=O)O. The van der Waals surface area contributed by atoms with Gasteiger partial charge in [0.1, 0.15) is 33.2 Å². The summed E-state index contributed by atoms with van der Waals surface area (Å²) in [6.07, 6.45) is 2.12. The second-order valence-corrected chi connectivity index (χ2v) is 7.25. The summed E-state index contributed by atoms with van der Waals surface area (Å²) >= 11 is 1.23. The van der Waals surface area contributed by atoms with Crippen LogP contribution < -0.4 is 9.47 Å². The fourth-order valence-corrected chi connectivity index (χ4v) is 3.83. The number of aliphatic carboxylic acids is 1. The lowest BCUT2D eigenvalue weighted by Crippen LogP contribution is -2.15. The van der Waals surface area contributed by atoms with Gasteiger partial charge in [-0.15, -0.1) is 0 Å². The van der Waals surface area contributed by atoms with Gasteiger partial charge in [0.15, 0.2) is 11.6 Å². The Morgan fingerprint density at radius 3 is 2.43 bits per heavy atom. The highest BCUT2D eigenvalue weighted by molar-refractivity contribution is 8.00. The van der Waals surface area contributed by atoms with Crippen molar-refractivity contribution in [2.45, 2.75) is 30.5 Å². The Balaban J connectivity index is 2.25. The van der Waals surface area contributed by atoms with Gasteiger partial charge in [0, 0.05) is 0 Å². The molecule has 2 heterocycles. The number of nitrogens with zero attached hydrogens (tertiary/aromatic N) is 2. The molecular formula is C20H22N2O5S. The zero-order chi connectivity index (χ0) is 20.3. The van der Waals surface area contributed by atoms with E-state index < -0.39 is 11.2 Å². The number of carboxylic acids is 1. The molecule has 0 saturated heterocycles. The zero-order valence-electron chi connectivity index (χ0n) is 16.1. The van der Waals surface area contributed by atoms with E-state index in [1.54, 1.807) is 20.4 Å². The van der Waals surface area contributed by atoms with Gasteiger partial charge in [-0.05, 0) is 37.6 Å². The average Bonchev–Trinajstić information content (AvgIpc) is 3.30. The van der Waals surface area contributed by atoms with E-state index in [2.05, 4.69) is 4.98 Å². The fourth-order valence-electron chi connectivity index (χ4n) is 2.87. The predicted octanol–water partition coefficient (Wildman–Crippen LogP) is 4.41. The van der Waals surface area contributed by atoms with Gasteiger partial charge in [0.05, 0.1) is 20.4 Å². The maximum atomic E-state index is 11.6. The molecule has 148 valence electrons. The molecule has 7 nitrogen and oxygen atoms in total. The molecular weight excluding hydrogens is 380 g/mol. The number of ether oxygens (including phenoxy) is 2. The number of imidazole rings is 1. The van der Waals surface area contributed by atoms with Crippen LogP contribution in [-0.2, 0) is 4.79 Å². The topological polar surface area (TPSA) is 86.7 Å². The minimum atomic E-state index is -0.873. The third kappa shape index (κ3) is 3.73. The number of hydrogen-bond donors (Lipinski definition) is 1. The molecule has 28 heavy (non-hydrogen) atoms. The number of hydrogen-bond acceptors (Lipinski definition) is 6. The van der Waals surface area contributed by atoms with Crippen LogP contribution >= 0.6 is 11.8 Å². The van der Waals surface area contributed by atoms with Crippen LogP contribution in [0, 0.1) is 6.92 Å². The van der Waals surface area contributed by atoms with Crippen molar-refractivity contribution in [1.29, 1.82) is 0 Å². The van der Waals surface area contributed by atoms with E-state index in [1.165, 1.54) is 11.8 Å². The van der Waals surface area contributed by atoms with Crippen LogP contribution in [0.25, 0.3) is 17.3 Å². The minimum absolute atomic E-state index is 0.476. The van der Waals surface area contributed by atoms with Crippen molar-refractivity contribution in [2.24, 2.45) is 0 Å². The van der Waals surface area contributed by atoms with E-state index >= 15 is 0 Å². The summed E-state index contributed by atoms with van der Waals surface area (Å²) in [5, 5.41) is 9.55. The number of para-hydroxylation sites is 1. The first kappa shape index (κ1) is 19.9. The molecule has 1 unspecified atom stereocenters. The van der Waals surface area contributed by atoms with Crippen LogP contribution in [0.3, 0.4) is 0 Å². The molecule has 0 radical (unpaired) electrons. The van der Waals surface area contributed by atoms with Crippen molar-refractivity contribution in [3.8, 4) is 28.8 Å². The van der Waals surface area contributed by atoms with Gasteiger partial charge in [-0.1, -0.05) is 24.8 Å². The highest BCUT2D eigenvalue weighted by Gasteiger charge is 2.26. The van der Waals surface area contributed by atoms with E-state index in [-0.39, 0.29) is 0 Å². The second-order valence-electron chi connectivity index (χ2n) is 6.03. The average molecular weight is 402 g/mol. The molecule has 3 aromatic rings. The minimum Gasteiger partial charge on any atom is -0.494 e. The van der Waals surface area contributed by atoms with Crippen molar-refractivity contribution < 1.29 is 23.8 Å². The first-order chi connectivity index (χ1) is 13.5. The number of thioether (sulfide) groups is 1. The number of aryl methyl sites for hydroxylation is 1. The van der Waals surface area contributed by atoms with Gasteiger partial charge in [-0.3, -0.25) is 9.36 Å². The molecule has 0 fully saturated rings. The van der Waals surface area contributed by atoms with Gasteiger partial charge in [0.25, 0.3) is 0 Å². The van der Waals surface area contributed by atoms with Crippen molar-refractivity contribution in [3.05, 3.63) is 42.3 Å². The first-order valence-electron chi connectivity index (χ1n) is 8.75. The molecule has 0 aliphatic heterocycles. The van der Waals surface area contributed by atoms with Crippen molar-refractivity contribution >= 4 is 17.7 Å². The Bertz CT molecular complexity index is 957. The monoisotopic (exact) mass is 402 g/mol. The number of carboxylic acid groups (broad SMARTS) is 1. The molecule has 0 aliphatic carbocycles. The van der Waals surface area contributed by atoms with Crippen molar-refractivity contribution in [3.63, 3.8) is 0 Å². The van der Waals surface area contributed by atoms with Gasteiger partial charge in [-0.2, -0.15) is 0 Å². The molecule has 0 bridgehead atoms. The van der Waals surface area contributed by atoms with Crippen LogP contribution in [0.4, 0.5) is 0 Å². The molecule has 0 saturated carbocycles. The third-order valence-electron chi connectivity index (χ3n) is 4.22. The van der Waals surface area contributed by atoms with Crippen LogP contribution in [0.15, 0.2) is 46.0 Å². The number of furan rings is 1. The summed E-state index contributed by atoms with van der Waals surface area (Å²) in [6.45, 7) is 3.70. The molecule has 1 atom stereocenters. The Kier molecular flexibility index (Phi) is 5.99. The number of carbonyl (C=O) groups is 1. The van der Waals surface area contributed by atoms with Crippen LogP contribution in [0.5, 0.6) is 11.5 Å². The highest BCUT2D eigenvalue weighted by atomic mass is 32.2. The smallest absolute Gasteiger partial charge is 0.317 e. The van der Waals surface area contributed by atoms with Crippen LogP contribution in [-0.4, -0.2) is 40.1 Å². The standard InChI is InChI=1S/C20H22N2O5S/c1-5-16(20(23)24)28-17-11-21-19(15-10-9-12(2)27-15)22(17)18-13(25-3)7-6-8-14(18)26-4/h6-11,16H,5H2,1-4H3,(H,23,24). The van der Waals surface area contributed by atoms with E-state index in [0.29, 0.717) is 40.2 Å². The van der Waals surface area contributed by atoms with Crippen LogP contribution in [0.1, 0.15) is 19.1 Å². The van der Waals surface area contributed by atoms with Crippen molar-refractivity contribution in [2.75, 3.05) is 14.2 Å². The number of rotatable bonds is 8. The maximum absolute atomic E-state index is 11.6. The summed E-state index contributed by atoms with van der Waals surface area (Å²) in [7, 11) is 3.15. The number of benzene rings is 1. The number of aromatic nitrogens is 2. The lowest BCUT2D eigenvalue weighted by Gasteiger charge is -2.18. The Labute approximate surface area is 167 Å². The van der Waals surface area contributed by atoms with E-state index in [1.807, 2.05) is 48.7 Å². The summed E-state index contributed by atoms with van der Waals surface area (Å²) in [5.74, 6) is 2.14. The Hall–Kier alpha value is -2.87. The van der Waals surface area contributed by atoms with Gasteiger partial charge in [-0.25, -0.2) is 4.98 Å². The third-order valence-corrected chi connectivity index (χ3v) is 5.57. The van der Waals surface area contributed by atoms with Crippen LogP contribution in [0.2, 0.25) is 0 Å².